The van der Waals surface area contributed by atoms with E-state index in [4.69, 9.17) is 5.73 Å². The van der Waals surface area contributed by atoms with E-state index in [0.717, 1.165) is 58.0 Å². The lowest BCUT2D eigenvalue weighted by molar-refractivity contribution is -0.129. The van der Waals surface area contributed by atoms with Gasteiger partial charge < -0.3 is 16.0 Å². The first-order chi connectivity index (χ1) is 16.4. The largest absolute Gasteiger partial charge is 0.354 e. The third-order valence-corrected chi connectivity index (χ3v) is 8.73. The summed E-state index contributed by atoms with van der Waals surface area (Å²) in [6.45, 7) is 9.94. The number of fused-ring (bicyclic) bond motifs is 1. The van der Waals surface area contributed by atoms with E-state index in [1.165, 1.54) is 25.7 Å². The van der Waals surface area contributed by atoms with Gasteiger partial charge in [-0.3, -0.25) is 21.0 Å². The van der Waals surface area contributed by atoms with Crippen LogP contribution in [0, 0.1) is 23.7 Å². The minimum Gasteiger partial charge on any atom is -0.354 e. The van der Waals surface area contributed by atoms with Gasteiger partial charge in [0.05, 0.1) is 6.17 Å². The van der Waals surface area contributed by atoms with Crippen molar-refractivity contribution in [2.45, 2.75) is 76.7 Å². The predicted molar refractivity (Wildman–Crippen MR) is 136 cm³/mol. The van der Waals surface area contributed by atoms with Crippen molar-refractivity contribution in [3.05, 3.63) is 0 Å². The SMILES string of the molecule is CC(C)N1NCC2C(C(=O)NCC3CCN(C)N3)CC(C3CCCC(CN(C)CCN)C3)NC21. The van der Waals surface area contributed by atoms with Crippen LogP contribution in [-0.2, 0) is 4.79 Å². The van der Waals surface area contributed by atoms with Crippen molar-refractivity contribution in [1.29, 1.82) is 0 Å². The summed E-state index contributed by atoms with van der Waals surface area (Å²) < 4.78 is 0. The monoisotopic (exact) mass is 478 g/mol. The van der Waals surface area contributed by atoms with Crippen LogP contribution in [0.2, 0.25) is 0 Å². The number of hydrogen-bond acceptors (Lipinski definition) is 8. The van der Waals surface area contributed by atoms with E-state index in [1.54, 1.807) is 0 Å². The fraction of sp³-hybridized carbons (Fsp3) is 0.960. The number of carbonyl (C=O) groups is 1. The third kappa shape index (κ3) is 6.30. The van der Waals surface area contributed by atoms with Crippen LogP contribution in [0.25, 0.3) is 0 Å². The van der Waals surface area contributed by atoms with Gasteiger partial charge in [-0.25, -0.2) is 10.0 Å². The number of nitrogens with one attached hydrogen (secondary N) is 4. The Labute approximate surface area is 206 Å². The molecule has 9 heteroatoms. The quantitative estimate of drug-likeness (QED) is 0.320. The lowest BCUT2D eigenvalue weighted by Gasteiger charge is -2.46. The molecule has 6 N–H and O–H groups in total. The molecule has 1 aliphatic carbocycles. The highest BCUT2D eigenvalue weighted by molar-refractivity contribution is 5.79. The molecule has 0 bridgehead atoms. The van der Waals surface area contributed by atoms with Crippen LogP contribution in [0.15, 0.2) is 0 Å². The van der Waals surface area contributed by atoms with Gasteiger partial charge >= 0.3 is 0 Å². The summed E-state index contributed by atoms with van der Waals surface area (Å²) in [6, 6.07) is 1.14. The van der Waals surface area contributed by atoms with Crippen LogP contribution in [0.1, 0.15) is 52.4 Å². The molecule has 0 radical (unpaired) electrons. The second-order valence-electron chi connectivity index (χ2n) is 11.7. The van der Waals surface area contributed by atoms with Crippen LogP contribution in [0.3, 0.4) is 0 Å². The maximum Gasteiger partial charge on any atom is 0.223 e. The average molecular weight is 479 g/mol. The summed E-state index contributed by atoms with van der Waals surface area (Å²) in [7, 11) is 4.27. The van der Waals surface area contributed by atoms with Crippen molar-refractivity contribution in [1.82, 2.24) is 36.4 Å². The Balaban J connectivity index is 1.41. The highest BCUT2D eigenvalue weighted by atomic mass is 16.2. The van der Waals surface area contributed by atoms with E-state index < -0.39 is 0 Å². The number of carbonyl (C=O) groups excluding carboxylic acids is 1. The first-order valence-corrected chi connectivity index (χ1v) is 13.8. The van der Waals surface area contributed by atoms with Crippen molar-refractivity contribution < 1.29 is 4.79 Å². The minimum atomic E-state index is 0.0620. The minimum absolute atomic E-state index is 0.0620. The van der Waals surface area contributed by atoms with Gasteiger partial charge in [0.25, 0.3) is 0 Å². The lowest BCUT2D eigenvalue weighted by Crippen LogP contribution is -2.62. The van der Waals surface area contributed by atoms with Gasteiger partial charge in [-0.05, 0) is 64.8 Å². The molecular formula is C25H50N8O. The zero-order chi connectivity index (χ0) is 24.2. The number of nitrogens with zero attached hydrogens (tertiary/aromatic N) is 3. The van der Waals surface area contributed by atoms with Crippen molar-refractivity contribution in [2.75, 3.05) is 53.4 Å². The number of piperidine rings is 1. The van der Waals surface area contributed by atoms with Crippen molar-refractivity contribution in [3.8, 4) is 0 Å². The molecule has 0 aromatic carbocycles. The van der Waals surface area contributed by atoms with Gasteiger partial charge in [0.15, 0.2) is 0 Å². The molecule has 4 fully saturated rings. The molecule has 3 saturated heterocycles. The van der Waals surface area contributed by atoms with Crippen LogP contribution in [-0.4, -0.2) is 98.5 Å². The Morgan fingerprint density at radius 1 is 1.24 bits per heavy atom. The molecular weight excluding hydrogens is 428 g/mol. The summed E-state index contributed by atoms with van der Waals surface area (Å²) in [6.07, 6.45) is 7.40. The summed E-state index contributed by atoms with van der Waals surface area (Å²) in [5, 5.41) is 11.8. The predicted octanol–water partition coefficient (Wildman–Crippen LogP) is 0.157. The second kappa shape index (κ2) is 12.0. The number of nitrogens with two attached hydrogens (primary N) is 1. The van der Waals surface area contributed by atoms with E-state index in [9.17, 15) is 4.79 Å². The number of likely N-dealkylation sites (N-methyl/N-ethyl adjacent to an activating group) is 1. The number of rotatable bonds is 9. The van der Waals surface area contributed by atoms with Crippen LogP contribution < -0.4 is 27.2 Å². The fourth-order valence-corrected chi connectivity index (χ4v) is 6.97. The smallest absolute Gasteiger partial charge is 0.223 e. The molecule has 4 rings (SSSR count). The topological polar surface area (TPSA) is 101 Å². The van der Waals surface area contributed by atoms with Gasteiger partial charge in [0.2, 0.25) is 5.91 Å². The molecule has 7 atom stereocenters. The van der Waals surface area contributed by atoms with Gasteiger partial charge in [0.1, 0.15) is 0 Å². The highest BCUT2D eigenvalue weighted by Gasteiger charge is 2.49. The Morgan fingerprint density at radius 2 is 2.06 bits per heavy atom. The fourth-order valence-electron chi connectivity index (χ4n) is 6.97. The van der Waals surface area contributed by atoms with Gasteiger partial charge in [-0.1, -0.05) is 6.42 Å². The van der Waals surface area contributed by atoms with Crippen molar-refractivity contribution >= 4 is 5.91 Å². The normalized spacial score (nSPS) is 37.4. The molecule has 1 saturated carbocycles. The molecule has 7 unspecified atom stereocenters. The van der Waals surface area contributed by atoms with E-state index in [1.807, 2.05) is 0 Å². The van der Waals surface area contributed by atoms with Gasteiger partial charge in [0, 0.05) is 76.3 Å². The van der Waals surface area contributed by atoms with Gasteiger partial charge in [-0.2, -0.15) is 0 Å². The summed E-state index contributed by atoms with van der Waals surface area (Å²) in [5.74, 6) is 2.00. The molecule has 0 spiro atoms. The molecule has 9 nitrogen and oxygen atoms in total. The highest BCUT2D eigenvalue weighted by Crippen LogP contribution is 2.39. The molecule has 3 aliphatic heterocycles. The van der Waals surface area contributed by atoms with Crippen LogP contribution >= 0.6 is 0 Å². The molecule has 0 aromatic rings. The second-order valence-corrected chi connectivity index (χ2v) is 11.7. The average Bonchev–Trinajstić information content (AvgIpc) is 3.43. The first kappa shape index (κ1) is 26.3. The lowest BCUT2D eigenvalue weighted by atomic mass is 9.71. The van der Waals surface area contributed by atoms with Crippen molar-refractivity contribution in [3.63, 3.8) is 0 Å². The Morgan fingerprint density at radius 3 is 2.76 bits per heavy atom. The number of hydrogen-bond donors (Lipinski definition) is 5. The van der Waals surface area contributed by atoms with Crippen LogP contribution in [0.5, 0.6) is 0 Å². The molecule has 34 heavy (non-hydrogen) atoms. The van der Waals surface area contributed by atoms with Gasteiger partial charge in [-0.15, -0.1) is 0 Å². The first-order valence-electron chi connectivity index (χ1n) is 13.8. The molecule has 3 heterocycles. The molecule has 196 valence electrons. The summed E-state index contributed by atoms with van der Waals surface area (Å²) >= 11 is 0. The molecule has 1 amide bonds. The number of hydrazine groups is 2. The maximum absolute atomic E-state index is 13.5. The Bertz CT molecular complexity index is 663. The Kier molecular flexibility index (Phi) is 9.23. The van der Waals surface area contributed by atoms with E-state index in [0.29, 0.717) is 30.0 Å². The summed E-state index contributed by atoms with van der Waals surface area (Å²) in [4.78, 5) is 15.9. The van der Waals surface area contributed by atoms with Crippen LogP contribution in [0.4, 0.5) is 0 Å². The number of amides is 1. The zero-order valence-corrected chi connectivity index (χ0v) is 21.9. The molecule has 4 aliphatic rings. The Hall–Kier alpha value is -0.810. The van der Waals surface area contributed by atoms with E-state index in [2.05, 4.69) is 64.3 Å². The van der Waals surface area contributed by atoms with E-state index >= 15 is 0 Å². The summed E-state index contributed by atoms with van der Waals surface area (Å²) in [5.41, 5.74) is 12.8. The van der Waals surface area contributed by atoms with E-state index in [-0.39, 0.29) is 18.0 Å². The third-order valence-electron chi connectivity index (χ3n) is 8.73. The zero-order valence-electron chi connectivity index (χ0n) is 21.9. The molecule has 0 aromatic heterocycles. The maximum atomic E-state index is 13.5. The van der Waals surface area contributed by atoms with Crippen molar-refractivity contribution in [2.24, 2.45) is 29.4 Å². The standard InChI is InChI=1S/C25H50N8O/c1-17(2)33-24-22(15-28-33)21(25(34)27-14-20-8-10-32(4)30-20)13-23(29-24)19-7-5-6-18(12-19)16-31(3)11-9-26/h17-24,28-30H,5-16,26H2,1-4H3,(H,27,34).